The molecule has 0 fully saturated rings. The van der Waals surface area contributed by atoms with Crippen LogP contribution in [0.25, 0.3) is 0 Å². The molecule has 1 aliphatic rings. The van der Waals surface area contributed by atoms with Crippen molar-refractivity contribution in [1.82, 2.24) is 0 Å². The van der Waals surface area contributed by atoms with Crippen LogP contribution in [0, 0.1) is 13.8 Å². The minimum atomic E-state index is -3.72. The molecule has 1 heterocycles. The highest BCUT2D eigenvalue weighted by Crippen LogP contribution is 2.35. The average molecular weight is 404 g/mol. The summed E-state index contributed by atoms with van der Waals surface area (Å²) < 4.78 is 37.1. The van der Waals surface area contributed by atoms with Crippen LogP contribution in [0.3, 0.4) is 0 Å². The summed E-state index contributed by atoms with van der Waals surface area (Å²) in [6.07, 6.45) is 1.07. The van der Waals surface area contributed by atoms with Gasteiger partial charge in [-0.2, -0.15) is 0 Å². The molecule has 3 rings (SSSR count). The number of anilines is 2. The predicted molar refractivity (Wildman–Crippen MR) is 109 cm³/mol. The van der Waals surface area contributed by atoms with Crippen LogP contribution in [-0.4, -0.2) is 39.8 Å². The highest BCUT2D eigenvalue weighted by atomic mass is 32.2. The fraction of sp³-hybridized carbons (Fsp3) is 0.350. The Morgan fingerprint density at radius 2 is 1.79 bits per heavy atom. The zero-order valence-electron chi connectivity index (χ0n) is 16.4. The van der Waals surface area contributed by atoms with Crippen LogP contribution in [0.5, 0.6) is 11.5 Å². The number of nitrogens with one attached hydrogen (secondary N) is 1. The van der Waals surface area contributed by atoms with Crippen LogP contribution >= 0.6 is 0 Å². The molecule has 150 valence electrons. The summed E-state index contributed by atoms with van der Waals surface area (Å²) in [6, 6.07) is 9.47. The largest absolute Gasteiger partial charge is 0.486 e. The molecule has 0 aliphatic carbocycles. The SMILES string of the molecule is Cc1cccc(NC(=O)[C@H](C)N(c2ccc3c(c2)OCCO3)S(C)(=O)=O)c1C. The summed E-state index contributed by atoms with van der Waals surface area (Å²) in [7, 11) is -3.72. The van der Waals surface area contributed by atoms with E-state index in [0.29, 0.717) is 36.1 Å². The topological polar surface area (TPSA) is 84.9 Å². The first-order valence-corrected chi connectivity index (χ1v) is 10.8. The van der Waals surface area contributed by atoms with Crippen molar-refractivity contribution in [2.75, 3.05) is 29.1 Å². The van der Waals surface area contributed by atoms with Crippen molar-refractivity contribution < 1.29 is 22.7 Å². The van der Waals surface area contributed by atoms with Gasteiger partial charge < -0.3 is 14.8 Å². The number of hydrogen-bond acceptors (Lipinski definition) is 5. The highest BCUT2D eigenvalue weighted by Gasteiger charge is 2.30. The Hall–Kier alpha value is -2.74. The van der Waals surface area contributed by atoms with Gasteiger partial charge in [-0.1, -0.05) is 12.1 Å². The van der Waals surface area contributed by atoms with Crippen LogP contribution < -0.4 is 19.1 Å². The Kier molecular flexibility index (Phi) is 5.51. The van der Waals surface area contributed by atoms with Crippen LogP contribution in [0.4, 0.5) is 11.4 Å². The van der Waals surface area contributed by atoms with E-state index in [4.69, 9.17) is 9.47 Å². The third-order valence-corrected chi connectivity index (χ3v) is 5.97. The number of carbonyl (C=O) groups excluding carboxylic acids is 1. The van der Waals surface area contributed by atoms with Gasteiger partial charge in [0, 0.05) is 11.8 Å². The van der Waals surface area contributed by atoms with Crippen molar-refractivity contribution in [3.05, 3.63) is 47.5 Å². The fourth-order valence-corrected chi connectivity index (χ4v) is 4.27. The van der Waals surface area contributed by atoms with Gasteiger partial charge in [0.15, 0.2) is 11.5 Å². The Bertz CT molecular complexity index is 1000. The third-order valence-electron chi connectivity index (χ3n) is 4.73. The van der Waals surface area contributed by atoms with Gasteiger partial charge in [0.2, 0.25) is 15.9 Å². The molecule has 8 heteroatoms. The number of benzene rings is 2. The molecule has 0 saturated carbocycles. The van der Waals surface area contributed by atoms with Crippen molar-refractivity contribution in [3.8, 4) is 11.5 Å². The number of rotatable bonds is 5. The van der Waals surface area contributed by atoms with Crippen LogP contribution in [-0.2, 0) is 14.8 Å². The second-order valence-corrected chi connectivity index (χ2v) is 8.66. The van der Waals surface area contributed by atoms with Gasteiger partial charge in [0.25, 0.3) is 0 Å². The van der Waals surface area contributed by atoms with Crippen molar-refractivity contribution in [3.63, 3.8) is 0 Å². The molecule has 1 aliphatic heterocycles. The Balaban J connectivity index is 1.91. The summed E-state index contributed by atoms with van der Waals surface area (Å²) in [5.41, 5.74) is 2.98. The van der Waals surface area contributed by atoms with E-state index >= 15 is 0 Å². The van der Waals surface area contributed by atoms with Crippen molar-refractivity contribution in [2.24, 2.45) is 0 Å². The lowest BCUT2D eigenvalue weighted by Crippen LogP contribution is -2.45. The Labute approximate surface area is 165 Å². The molecule has 0 spiro atoms. The zero-order valence-corrected chi connectivity index (χ0v) is 17.2. The molecule has 1 atom stereocenters. The molecule has 7 nitrogen and oxygen atoms in total. The lowest BCUT2D eigenvalue weighted by molar-refractivity contribution is -0.116. The molecule has 2 aromatic rings. The van der Waals surface area contributed by atoms with E-state index in [1.807, 2.05) is 26.0 Å². The summed E-state index contributed by atoms with van der Waals surface area (Å²) >= 11 is 0. The fourth-order valence-electron chi connectivity index (χ4n) is 3.10. The Morgan fingerprint density at radius 1 is 1.11 bits per heavy atom. The van der Waals surface area contributed by atoms with Crippen molar-refractivity contribution >= 4 is 27.3 Å². The number of carbonyl (C=O) groups is 1. The van der Waals surface area contributed by atoms with Gasteiger partial charge in [-0.15, -0.1) is 0 Å². The first kappa shape index (κ1) is 20.0. The molecule has 0 unspecified atom stereocenters. The minimum Gasteiger partial charge on any atom is -0.486 e. The van der Waals surface area contributed by atoms with Crippen LogP contribution in [0.2, 0.25) is 0 Å². The normalized spacial score (nSPS) is 14.3. The molecule has 0 aromatic heterocycles. The second-order valence-electron chi connectivity index (χ2n) is 6.80. The first-order valence-electron chi connectivity index (χ1n) is 8.94. The number of hydrogen-bond donors (Lipinski definition) is 1. The maximum absolute atomic E-state index is 12.9. The lowest BCUT2D eigenvalue weighted by Gasteiger charge is -2.29. The van der Waals surface area contributed by atoms with Crippen molar-refractivity contribution in [2.45, 2.75) is 26.8 Å². The van der Waals surface area contributed by atoms with E-state index in [1.54, 1.807) is 31.2 Å². The van der Waals surface area contributed by atoms with E-state index in [2.05, 4.69) is 5.32 Å². The molecule has 1 N–H and O–H groups in total. The number of nitrogens with zero attached hydrogens (tertiary/aromatic N) is 1. The Morgan fingerprint density at radius 3 is 2.46 bits per heavy atom. The van der Waals surface area contributed by atoms with Gasteiger partial charge in [-0.05, 0) is 50.1 Å². The van der Waals surface area contributed by atoms with E-state index < -0.39 is 22.0 Å². The number of fused-ring (bicyclic) bond motifs is 1. The van der Waals surface area contributed by atoms with Crippen LogP contribution in [0.1, 0.15) is 18.1 Å². The van der Waals surface area contributed by atoms with Gasteiger partial charge in [0.1, 0.15) is 19.3 Å². The molecule has 28 heavy (non-hydrogen) atoms. The molecule has 2 aromatic carbocycles. The standard InChI is InChI=1S/C20H24N2O5S/c1-13-6-5-7-17(14(13)2)21-20(23)15(3)22(28(4,24)25)16-8-9-18-19(12-16)27-11-10-26-18/h5-9,12,15H,10-11H2,1-4H3,(H,21,23)/t15-/m0/s1. The molecule has 0 bridgehead atoms. The minimum absolute atomic E-state index is 0.343. The number of sulfonamides is 1. The highest BCUT2D eigenvalue weighted by molar-refractivity contribution is 7.92. The van der Waals surface area contributed by atoms with E-state index in [-0.39, 0.29) is 0 Å². The van der Waals surface area contributed by atoms with Gasteiger partial charge in [-0.3, -0.25) is 9.10 Å². The predicted octanol–water partition coefficient (Wildman–Crippen LogP) is 2.87. The number of aryl methyl sites for hydroxylation is 1. The molecule has 0 radical (unpaired) electrons. The number of ether oxygens (including phenoxy) is 2. The van der Waals surface area contributed by atoms with Gasteiger partial charge in [0.05, 0.1) is 11.9 Å². The molecule has 1 amide bonds. The smallest absolute Gasteiger partial charge is 0.248 e. The van der Waals surface area contributed by atoms with E-state index in [0.717, 1.165) is 21.7 Å². The maximum atomic E-state index is 12.9. The summed E-state index contributed by atoms with van der Waals surface area (Å²) in [5, 5.41) is 2.83. The van der Waals surface area contributed by atoms with Gasteiger partial charge in [-0.25, -0.2) is 8.42 Å². The number of amides is 1. The molecular formula is C20H24N2O5S. The zero-order chi connectivity index (χ0) is 20.5. The van der Waals surface area contributed by atoms with Gasteiger partial charge >= 0.3 is 0 Å². The van der Waals surface area contributed by atoms with E-state index in [1.165, 1.54) is 0 Å². The molecule has 0 saturated heterocycles. The third kappa shape index (κ3) is 4.06. The summed E-state index contributed by atoms with van der Waals surface area (Å²) in [4.78, 5) is 12.9. The average Bonchev–Trinajstić information content (AvgIpc) is 2.64. The maximum Gasteiger partial charge on any atom is 0.248 e. The first-order chi connectivity index (χ1) is 13.2. The summed E-state index contributed by atoms with van der Waals surface area (Å²) in [6.45, 7) is 6.24. The molecular weight excluding hydrogens is 380 g/mol. The van der Waals surface area contributed by atoms with E-state index in [9.17, 15) is 13.2 Å². The monoisotopic (exact) mass is 404 g/mol. The van der Waals surface area contributed by atoms with Crippen molar-refractivity contribution in [1.29, 1.82) is 0 Å². The lowest BCUT2D eigenvalue weighted by atomic mass is 10.1. The quantitative estimate of drug-likeness (QED) is 0.828. The van der Waals surface area contributed by atoms with Crippen LogP contribution in [0.15, 0.2) is 36.4 Å². The summed E-state index contributed by atoms with van der Waals surface area (Å²) in [5.74, 6) is 0.587. The second kappa shape index (κ2) is 7.71.